The fourth-order valence-corrected chi connectivity index (χ4v) is 5.47. The molecule has 0 saturated carbocycles. The minimum Gasteiger partial charge on any atom is -0.361 e. The number of para-hydroxylation sites is 1. The zero-order chi connectivity index (χ0) is 18.9. The standard InChI is InChI=1S/C21H22N2O3S/c24-21(13-16-14-22-20-11-5-4-10-19(16)20)23-12-6-7-17(23)15-27(25,26)18-8-2-1-3-9-18/h1-5,8-11,14,17,22H,6-7,12-13,15H2. The summed E-state index contributed by atoms with van der Waals surface area (Å²) in [5, 5.41) is 1.04. The molecular formula is C21H22N2O3S. The van der Waals surface area contributed by atoms with E-state index in [-0.39, 0.29) is 24.1 Å². The number of rotatable bonds is 5. The molecule has 1 saturated heterocycles. The van der Waals surface area contributed by atoms with Crippen molar-refractivity contribution in [3.63, 3.8) is 0 Å². The van der Waals surface area contributed by atoms with Crippen LogP contribution in [0.1, 0.15) is 18.4 Å². The Morgan fingerprint density at radius 2 is 1.81 bits per heavy atom. The highest BCUT2D eigenvalue weighted by atomic mass is 32.2. The van der Waals surface area contributed by atoms with Gasteiger partial charge in [0.1, 0.15) is 0 Å². The highest BCUT2D eigenvalue weighted by Crippen LogP contribution is 2.24. The fourth-order valence-electron chi connectivity index (χ4n) is 3.86. The molecule has 1 atom stereocenters. The van der Waals surface area contributed by atoms with Gasteiger partial charge in [-0.05, 0) is 36.6 Å². The van der Waals surface area contributed by atoms with Crippen LogP contribution in [0.25, 0.3) is 10.9 Å². The molecule has 140 valence electrons. The number of aromatic amines is 1. The quantitative estimate of drug-likeness (QED) is 0.737. The lowest BCUT2D eigenvalue weighted by Crippen LogP contribution is -2.40. The van der Waals surface area contributed by atoms with Crippen LogP contribution in [-0.2, 0) is 21.1 Å². The topological polar surface area (TPSA) is 70.2 Å². The minimum atomic E-state index is -3.41. The molecule has 1 aromatic heterocycles. The van der Waals surface area contributed by atoms with E-state index in [1.165, 1.54) is 0 Å². The molecule has 1 amide bonds. The Bertz CT molecular complexity index is 1060. The van der Waals surface area contributed by atoms with Crippen LogP contribution in [-0.4, -0.2) is 42.5 Å². The van der Waals surface area contributed by atoms with E-state index < -0.39 is 9.84 Å². The Morgan fingerprint density at radius 3 is 2.63 bits per heavy atom. The average molecular weight is 382 g/mol. The van der Waals surface area contributed by atoms with Crippen LogP contribution in [0.2, 0.25) is 0 Å². The predicted molar refractivity (Wildman–Crippen MR) is 105 cm³/mol. The van der Waals surface area contributed by atoms with Gasteiger partial charge in [0.05, 0.1) is 17.1 Å². The summed E-state index contributed by atoms with van der Waals surface area (Å²) in [6.07, 6.45) is 3.72. The number of carbonyl (C=O) groups is 1. The Balaban J connectivity index is 1.50. The molecule has 0 spiro atoms. The molecule has 2 heterocycles. The van der Waals surface area contributed by atoms with E-state index in [0.29, 0.717) is 11.4 Å². The lowest BCUT2D eigenvalue weighted by atomic mass is 10.1. The number of amides is 1. The van der Waals surface area contributed by atoms with Crippen LogP contribution >= 0.6 is 0 Å². The highest BCUT2D eigenvalue weighted by Gasteiger charge is 2.33. The van der Waals surface area contributed by atoms with Crippen molar-refractivity contribution in [3.05, 3.63) is 66.4 Å². The van der Waals surface area contributed by atoms with Crippen molar-refractivity contribution in [2.75, 3.05) is 12.3 Å². The third kappa shape index (κ3) is 3.62. The molecule has 1 aliphatic heterocycles. The Morgan fingerprint density at radius 1 is 1.07 bits per heavy atom. The van der Waals surface area contributed by atoms with Crippen molar-refractivity contribution in [2.45, 2.75) is 30.2 Å². The number of benzene rings is 2. The van der Waals surface area contributed by atoms with Crippen LogP contribution in [0.4, 0.5) is 0 Å². The van der Waals surface area contributed by atoms with Crippen molar-refractivity contribution in [2.24, 2.45) is 0 Å². The van der Waals surface area contributed by atoms with Gasteiger partial charge in [-0.15, -0.1) is 0 Å². The van der Waals surface area contributed by atoms with Gasteiger partial charge < -0.3 is 9.88 Å². The normalized spacial score (nSPS) is 17.5. The monoisotopic (exact) mass is 382 g/mol. The van der Waals surface area contributed by atoms with Gasteiger partial charge in [0.2, 0.25) is 5.91 Å². The molecule has 3 aromatic rings. The summed E-state index contributed by atoms with van der Waals surface area (Å²) in [6.45, 7) is 0.621. The van der Waals surface area contributed by atoms with Gasteiger partial charge in [-0.25, -0.2) is 8.42 Å². The molecule has 1 aliphatic rings. The number of sulfone groups is 1. The maximum Gasteiger partial charge on any atom is 0.227 e. The van der Waals surface area contributed by atoms with E-state index >= 15 is 0 Å². The first kappa shape index (κ1) is 17.8. The number of H-pyrrole nitrogens is 1. The number of carbonyl (C=O) groups excluding carboxylic acids is 1. The first-order valence-electron chi connectivity index (χ1n) is 9.17. The zero-order valence-electron chi connectivity index (χ0n) is 15.0. The summed E-state index contributed by atoms with van der Waals surface area (Å²) in [7, 11) is -3.41. The van der Waals surface area contributed by atoms with Gasteiger partial charge in [0.15, 0.2) is 9.84 Å². The van der Waals surface area contributed by atoms with Gasteiger partial charge in [0, 0.05) is 29.7 Å². The number of hydrogen-bond acceptors (Lipinski definition) is 3. The number of fused-ring (bicyclic) bond motifs is 1. The molecule has 4 rings (SSSR count). The lowest BCUT2D eigenvalue weighted by molar-refractivity contribution is -0.130. The van der Waals surface area contributed by atoms with Gasteiger partial charge >= 0.3 is 0 Å². The summed E-state index contributed by atoms with van der Waals surface area (Å²) in [4.78, 5) is 18.2. The second-order valence-electron chi connectivity index (χ2n) is 7.01. The summed E-state index contributed by atoms with van der Waals surface area (Å²) >= 11 is 0. The van der Waals surface area contributed by atoms with E-state index in [0.717, 1.165) is 29.3 Å². The Hall–Kier alpha value is -2.60. The Labute approximate surface area is 158 Å². The van der Waals surface area contributed by atoms with Crippen LogP contribution in [0.5, 0.6) is 0 Å². The summed E-state index contributed by atoms with van der Waals surface area (Å²) in [6, 6.07) is 16.1. The van der Waals surface area contributed by atoms with Crippen molar-refractivity contribution in [1.29, 1.82) is 0 Å². The van der Waals surface area contributed by atoms with Crippen molar-refractivity contribution < 1.29 is 13.2 Å². The number of likely N-dealkylation sites (tertiary alicyclic amines) is 1. The minimum absolute atomic E-state index is 0.00878. The second kappa shape index (κ2) is 7.19. The van der Waals surface area contributed by atoms with Crippen LogP contribution < -0.4 is 0 Å². The largest absolute Gasteiger partial charge is 0.361 e. The summed E-state index contributed by atoms with van der Waals surface area (Å²) in [5.74, 6) is -0.0260. The zero-order valence-corrected chi connectivity index (χ0v) is 15.8. The van der Waals surface area contributed by atoms with Gasteiger partial charge in [0.25, 0.3) is 0 Å². The fraction of sp³-hybridized carbons (Fsp3) is 0.286. The summed E-state index contributed by atoms with van der Waals surface area (Å²) in [5.41, 5.74) is 1.96. The average Bonchev–Trinajstić information content (AvgIpc) is 3.29. The Kier molecular flexibility index (Phi) is 4.74. The van der Waals surface area contributed by atoms with Crippen LogP contribution in [0.3, 0.4) is 0 Å². The molecule has 0 radical (unpaired) electrons. The smallest absolute Gasteiger partial charge is 0.227 e. The van der Waals surface area contributed by atoms with Crippen LogP contribution in [0, 0.1) is 0 Å². The molecule has 2 aromatic carbocycles. The molecule has 27 heavy (non-hydrogen) atoms. The van der Waals surface area contributed by atoms with Crippen molar-refractivity contribution in [1.82, 2.24) is 9.88 Å². The molecule has 1 N–H and O–H groups in total. The van der Waals surface area contributed by atoms with Crippen molar-refractivity contribution >= 4 is 26.6 Å². The third-order valence-electron chi connectivity index (χ3n) is 5.23. The summed E-state index contributed by atoms with van der Waals surface area (Å²) < 4.78 is 25.4. The van der Waals surface area contributed by atoms with Crippen LogP contribution in [0.15, 0.2) is 65.7 Å². The SMILES string of the molecule is O=C(Cc1c[nH]c2ccccc12)N1CCCC1CS(=O)(=O)c1ccccc1. The molecule has 0 aliphatic carbocycles. The molecule has 5 nitrogen and oxygen atoms in total. The molecule has 1 fully saturated rings. The number of nitrogens with zero attached hydrogens (tertiary/aromatic N) is 1. The van der Waals surface area contributed by atoms with E-state index in [1.54, 1.807) is 35.2 Å². The molecule has 1 unspecified atom stereocenters. The van der Waals surface area contributed by atoms with Gasteiger partial charge in [-0.2, -0.15) is 0 Å². The number of nitrogens with one attached hydrogen (secondary N) is 1. The lowest BCUT2D eigenvalue weighted by Gasteiger charge is -2.24. The molecule has 6 heteroatoms. The number of hydrogen-bond donors (Lipinski definition) is 1. The van der Waals surface area contributed by atoms with E-state index in [9.17, 15) is 13.2 Å². The van der Waals surface area contributed by atoms with E-state index in [2.05, 4.69) is 4.98 Å². The third-order valence-corrected chi connectivity index (χ3v) is 7.04. The highest BCUT2D eigenvalue weighted by molar-refractivity contribution is 7.91. The van der Waals surface area contributed by atoms with E-state index in [1.807, 2.05) is 30.5 Å². The van der Waals surface area contributed by atoms with Gasteiger partial charge in [-0.3, -0.25) is 4.79 Å². The van der Waals surface area contributed by atoms with E-state index in [4.69, 9.17) is 0 Å². The first-order valence-corrected chi connectivity index (χ1v) is 10.8. The second-order valence-corrected chi connectivity index (χ2v) is 9.05. The van der Waals surface area contributed by atoms with Gasteiger partial charge in [-0.1, -0.05) is 36.4 Å². The first-order chi connectivity index (χ1) is 13.0. The molecule has 0 bridgehead atoms. The maximum absolute atomic E-state index is 12.9. The maximum atomic E-state index is 12.9. The van der Waals surface area contributed by atoms with Crippen molar-refractivity contribution in [3.8, 4) is 0 Å². The number of aromatic nitrogens is 1. The predicted octanol–water partition coefficient (Wildman–Crippen LogP) is 3.18. The molecular weight excluding hydrogens is 360 g/mol.